The minimum atomic E-state index is -1.01. The molecule has 0 aliphatic heterocycles. The maximum absolute atomic E-state index is 13.6. The zero-order valence-electron chi connectivity index (χ0n) is 12.3. The van der Waals surface area contributed by atoms with Crippen molar-refractivity contribution in [2.24, 2.45) is 0 Å². The molecule has 23 heavy (non-hydrogen) atoms. The second kappa shape index (κ2) is 6.55. The third-order valence-corrected chi connectivity index (χ3v) is 3.26. The Morgan fingerprint density at radius 1 is 1.13 bits per heavy atom. The van der Waals surface area contributed by atoms with Gasteiger partial charge in [-0.1, -0.05) is 6.07 Å². The summed E-state index contributed by atoms with van der Waals surface area (Å²) in [5, 5.41) is 11.1. The maximum atomic E-state index is 13.6. The van der Waals surface area contributed by atoms with Gasteiger partial charge < -0.3 is 9.64 Å². The fourth-order valence-electron chi connectivity index (χ4n) is 2.14. The molecule has 0 N–H and O–H groups in total. The van der Waals surface area contributed by atoms with E-state index >= 15 is 0 Å². The van der Waals surface area contributed by atoms with Crippen molar-refractivity contribution in [3.63, 3.8) is 0 Å². The zero-order chi connectivity index (χ0) is 17.1. The molecule has 0 atom stereocenters. The zero-order valence-corrected chi connectivity index (χ0v) is 12.3. The van der Waals surface area contributed by atoms with Crippen LogP contribution in [0.2, 0.25) is 0 Å². The lowest BCUT2D eigenvalue weighted by atomic mass is 10.1. The number of nitro benzene ring substituents is 1. The molecule has 0 saturated heterocycles. The van der Waals surface area contributed by atoms with E-state index in [2.05, 4.69) is 0 Å². The molecule has 2 rings (SSSR count). The first kappa shape index (κ1) is 16.6. The summed E-state index contributed by atoms with van der Waals surface area (Å²) >= 11 is 0. The van der Waals surface area contributed by atoms with Gasteiger partial charge >= 0.3 is 0 Å². The molecule has 5 nitrogen and oxygen atoms in total. The van der Waals surface area contributed by atoms with Crippen molar-refractivity contribution in [1.82, 2.24) is 0 Å². The van der Waals surface area contributed by atoms with Crippen molar-refractivity contribution < 1.29 is 22.8 Å². The highest BCUT2D eigenvalue weighted by molar-refractivity contribution is 5.66. The first-order chi connectivity index (χ1) is 10.8. The largest absolute Gasteiger partial charge is 0.494 e. The Morgan fingerprint density at radius 2 is 1.83 bits per heavy atom. The normalized spacial score (nSPS) is 10.5. The van der Waals surface area contributed by atoms with Gasteiger partial charge in [-0.25, -0.2) is 13.2 Å². The number of rotatable bonds is 5. The van der Waals surface area contributed by atoms with E-state index in [0.29, 0.717) is 5.56 Å². The van der Waals surface area contributed by atoms with Gasteiger partial charge in [0, 0.05) is 19.7 Å². The third kappa shape index (κ3) is 3.53. The molecule has 122 valence electrons. The van der Waals surface area contributed by atoms with Gasteiger partial charge in [0.15, 0.2) is 23.2 Å². The van der Waals surface area contributed by atoms with Crippen molar-refractivity contribution in [2.45, 2.75) is 6.54 Å². The maximum Gasteiger partial charge on any atom is 0.295 e. The highest BCUT2D eigenvalue weighted by Gasteiger charge is 2.22. The van der Waals surface area contributed by atoms with E-state index in [-0.39, 0.29) is 18.0 Å². The van der Waals surface area contributed by atoms with Gasteiger partial charge in [-0.05, 0) is 17.7 Å². The number of ether oxygens (including phenoxy) is 1. The van der Waals surface area contributed by atoms with E-state index in [0.717, 1.165) is 18.2 Å². The fourth-order valence-corrected chi connectivity index (χ4v) is 2.14. The Kier molecular flexibility index (Phi) is 4.73. The first-order valence-electron chi connectivity index (χ1n) is 6.50. The molecule has 0 fully saturated rings. The Hall–Kier alpha value is -2.77. The molecular formula is C15H13F3N2O3. The van der Waals surface area contributed by atoms with Crippen LogP contribution in [-0.4, -0.2) is 19.1 Å². The SMILES string of the molecule is COc1cc(N(C)Cc2ccc(F)c(F)c2)c([N+](=O)[O-])cc1F. The number of anilines is 1. The van der Waals surface area contributed by atoms with Gasteiger partial charge in [0.25, 0.3) is 5.69 Å². The summed E-state index contributed by atoms with van der Waals surface area (Å²) in [5.74, 6) is -3.00. The summed E-state index contributed by atoms with van der Waals surface area (Å²) in [4.78, 5) is 11.8. The van der Waals surface area contributed by atoms with Crippen LogP contribution >= 0.6 is 0 Å². The summed E-state index contributed by atoms with van der Waals surface area (Å²) < 4.78 is 44.6. The average molecular weight is 326 g/mol. The van der Waals surface area contributed by atoms with Crippen LogP contribution in [0.15, 0.2) is 30.3 Å². The number of nitrogens with zero attached hydrogens (tertiary/aromatic N) is 2. The third-order valence-electron chi connectivity index (χ3n) is 3.26. The Morgan fingerprint density at radius 3 is 2.39 bits per heavy atom. The van der Waals surface area contributed by atoms with Gasteiger partial charge in [-0.3, -0.25) is 10.1 Å². The number of benzene rings is 2. The molecule has 8 heteroatoms. The smallest absolute Gasteiger partial charge is 0.295 e. The van der Waals surface area contributed by atoms with Gasteiger partial charge in [-0.15, -0.1) is 0 Å². The topological polar surface area (TPSA) is 55.6 Å². The predicted octanol–water partition coefficient (Wildman–Crippen LogP) is 3.66. The summed E-state index contributed by atoms with van der Waals surface area (Å²) in [6.45, 7) is 0.0623. The Bertz CT molecular complexity index is 753. The predicted molar refractivity (Wildman–Crippen MR) is 78.1 cm³/mol. The molecule has 0 heterocycles. The van der Waals surface area contributed by atoms with E-state index in [1.165, 1.54) is 31.2 Å². The van der Waals surface area contributed by atoms with E-state index in [4.69, 9.17) is 4.74 Å². The summed E-state index contributed by atoms with van der Waals surface area (Å²) in [6.07, 6.45) is 0. The highest BCUT2D eigenvalue weighted by atomic mass is 19.2. The molecular weight excluding hydrogens is 313 g/mol. The van der Waals surface area contributed by atoms with Crippen LogP contribution < -0.4 is 9.64 Å². The Labute approximate surface area is 130 Å². The summed E-state index contributed by atoms with van der Waals surface area (Å²) in [6, 6.07) is 5.28. The summed E-state index contributed by atoms with van der Waals surface area (Å²) in [7, 11) is 2.75. The number of halogens is 3. The van der Waals surface area contributed by atoms with Crippen molar-refractivity contribution in [2.75, 3.05) is 19.1 Å². The molecule has 0 aliphatic carbocycles. The fraction of sp³-hybridized carbons (Fsp3) is 0.200. The first-order valence-corrected chi connectivity index (χ1v) is 6.50. The minimum absolute atomic E-state index is 0.0623. The van der Waals surface area contributed by atoms with Crippen molar-refractivity contribution in [1.29, 1.82) is 0 Å². The van der Waals surface area contributed by atoms with E-state index < -0.39 is 28.1 Å². The molecule has 0 amide bonds. The van der Waals surface area contributed by atoms with Crippen LogP contribution in [0, 0.1) is 27.6 Å². The molecule has 0 unspecified atom stereocenters. The number of hydrogen-bond donors (Lipinski definition) is 0. The number of methoxy groups -OCH3 is 1. The molecule has 0 saturated carbocycles. The molecule has 0 aliphatic rings. The lowest BCUT2D eigenvalue weighted by Crippen LogP contribution is -2.18. The van der Waals surface area contributed by atoms with Crippen LogP contribution in [-0.2, 0) is 6.54 Å². The van der Waals surface area contributed by atoms with E-state index in [1.54, 1.807) is 0 Å². The highest BCUT2D eigenvalue weighted by Crippen LogP contribution is 2.34. The van der Waals surface area contributed by atoms with Crippen LogP contribution in [0.5, 0.6) is 5.75 Å². The monoisotopic (exact) mass is 326 g/mol. The molecule has 2 aromatic carbocycles. The van der Waals surface area contributed by atoms with Gasteiger partial charge in [0.05, 0.1) is 18.1 Å². The van der Waals surface area contributed by atoms with Gasteiger partial charge in [-0.2, -0.15) is 0 Å². The van der Waals surface area contributed by atoms with E-state index in [1.807, 2.05) is 0 Å². The van der Waals surface area contributed by atoms with Crippen molar-refractivity contribution in [3.8, 4) is 5.75 Å². The van der Waals surface area contributed by atoms with Crippen molar-refractivity contribution >= 4 is 11.4 Å². The summed E-state index contributed by atoms with van der Waals surface area (Å²) in [5.41, 5.74) is 0.0513. The van der Waals surface area contributed by atoms with Crippen LogP contribution in [0.4, 0.5) is 24.5 Å². The quantitative estimate of drug-likeness (QED) is 0.621. The Balaban J connectivity index is 2.39. The van der Waals surface area contributed by atoms with Crippen LogP contribution in [0.25, 0.3) is 0 Å². The second-order valence-corrected chi connectivity index (χ2v) is 4.84. The van der Waals surface area contributed by atoms with Crippen LogP contribution in [0.3, 0.4) is 0 Å². The van der Waals surface area contributed by atoms with Gasteiger partial charge in [0.1, 0.15) is 5.69 Å². The molecule has 0 radical (unpaired) electrons. The van der Waals surface area contributed by atoms with Gasteiger partial charge in [0.2, 0.25) is 0 Å². The van der Waals surface area contributed by atoms with Crippen molar-refractivity contribution in [3.05, 3.63) is 63.5 Å². The van der Waals surface area contributed by atoms with Crippen LogP contribution in [0.1, 0.15) is 5.56 Å². The lowest BCUT2D eigenvalue weighted by molar-refractivity contribution is -0.384. The molecule has 0 spiro atoms. The molecule has 0 bridgehead atoms. The van der Waals surface area contributed by atoms with E-state index in [9.17, 15) is 23.3 Å². The lowest BCUT2D eigenvalue weighted by Gasteiger charge is -2.20. The second-order valence-electron chi connectivity index (χ2n) is 4.84. The standard InChI is InChI=1S/C15H13F3N2O3/c1-19(8-9-3-4-10(16)11(17)5-9)13-7-15(23-2)12(18)6-14(13)20(21)22/h3-7H,8H2,1-2H3. The minimum Gasteiger partial charge on any atom is -0.494 e. The number of hydrogen-bond acceptors (Lipinski definition) is 4. The molecule has 2 aromatic rings. The molecule has 0 aromatic heterocycles. The number of nitro groups is 1. The average Bonchev–Trinajstić information content (AvgIpc) is 2.50.